The predicted octanol–water partition coefficient (Wildman–Crippen LogP) is -0.0549. The van der Waals surface area contributed by atoms with Crippen molar-refractivity contribution in [3.8, 4) is 0 Å². The van der Waals surface area contributed by atoms with E-state index in [9.17, 15) is 12.6 Å². The Bertz CT molecular complexity index is 227. The van der Waals surface area contributed by atoms with Crippen LogP contribution in [0.5, 0.6) is 0 Å². The molecule has 0 aromatic carbocycles. The lowest BCUT2D eigenvalue weighted by Gasteiger charge is -1.88. The molecule has 0 aliphatic heterocycles. The molecule has 0 aromatic rings. The Labute approximate surface area is 52.8 Å². The topological polar surface area (TPSA) is 116 Å². The van der Waals surface area contributed by atoms with Gasteiger partial charge in [0.05, 0.1) is 0 Å². The van der Waals surface area contributed by atoms with Gasteiger partial charge in [-0.1, -0.05) is 7.43 Å². The Morgan fingerprint density at radius 1 is 1.11 bits per heavy atom. The molecule has 0 fully saturated rings. The fourth-order valence-corrected chi connectivity index (χ4v) is 0. The Morgan fingerprint density at radius 2 is 1.22 bits per heavy atom. The summed E-state index contributed by atoms with van der Waals surface area (Å²) in [5, 5.41) is 0. The first-order valence-electron chi connectivity index (χ1n) is 1.24. The molecule has 0 aliphatic rings. The minimum atomic E-state index is -5.09. The molecule has 0 spiro atoms. The molecule has 0 radical (unpaired) electrons. The van der Waals surface area contributed by atoms with Crippen LogP contribution < -0.4 is 0 Å². The number of hydrogen-bond acceptors (Lipinski definition) is 4. The maximum Gasteiger partial charge on any atom is 0.379 e. The molecule has 0 bridgehead atoms. The lowest BCUT2D eigenvalue weighted by molar-refractivity contribution is 0.484. The quantitative estimate of drug-likeness (QED) is 0.383. The Balaban J connectivity index is 0. The van der Waals surface area contributed by atoms with Crippen molar-refractivity contribution in [1.82, 2.24) is 0 Å². The van der Waals surface area contributed by atoms with Crippen LogP contribution in [0.3, 0.4) is 0 Å². The first kappa shape index (κ1) is 11.6. The van der Waals surface area contributed by atoms with Gasteiger partial charge in [-0.05, 0) is 0 Å². The maximum atomic E-state index is 9.59. The van der Waals surface area contributed by atoms with Gasteiger partial charge in [0.25, 0.3) is 9.04 Å². The highest BCUT2D eigenvalue weighted by Crippen LogP contribution is 1.92. The van der Waals surface area contributed by atoms with Crippen LogP contribution in [0.1, 0.15) is 7.43 Å². The molecular weight excluding hydrogens is 170 g/mol. The SMILES string of the molecule is C.N=S(=O)(O)S(=O)(=O)O. The third-order valence-corrected chi connectivity index (χ3v) is 2.57. The minimum absolute atomic E-state index is 0. The molecule has 1 atom stereocenters. The van der Waals surface area contributed by atoms with Crippen molar-refractivity contribution >= 4 is 18.2 Å². The van der Waals surface area contributed by atoms with E-state index >= 15 is 0 Å². The molecule has 1 unspecified atom stereocenters. The van der Waals surface area contributed by atoms with E-state index in [4.69, 9.17) is 13.9 Å². The highest BCUT2D eigenvalue weighted by atomic mass is 33.2. The summed E-state index contributed by atoms with van der Waals surface area (Å²) in [5.41, 5.74) is 0. The van der Waals surface area contributed by atoms with Crippen LogP contribution in [0.2, 0.25) is 0 Å². The van der Waals surface area contributed by atoms with Crippen LogP contribution in [-0.4, -0.2) is 21.7 Å². The van der Waals surface area contributed by atoms with Crippen molar-refractivity contribution in [2.24, 2.45) is 0 Å². The molecular formula is CH7NO5S2. The van der Waals surface area contributed by atoms with Crippen molar-refractivity contribution in [3.05, 3.63) is 0 Å². The van der Waals surface area contributed by atoms with Crippen molar-refractivity contribution < 1.29 is 21.7 Å². The van der Waals surface area contributed by atoms with Crippen LogP contribution in [0.25, 0.3) is 0 Å². The van der Waals surface area contributed by atoms with Gasteiger partial charge in [-0.3, -0.25) is 9.11 Å². The molecule has 0 aromatic heterocycles. The fourth-order valence-electron chi connectivity index (χ4n) is 0. The van der Waals surface area contributed by atoms with E-state index < -0.39 is 18.2 Å². The second-order valence-corrected chi connectivity index (χ2v) is 5.33. The number of nitrogens with one attached hydrogen (secondary N) is 1. The molecule has 0 rings (SSSR count). The smallest absolute Gasteiger partial charge is 0.287 e. The number of rotatable bonds is 1. The fraction of sp³-hybridized carbons (Fsp3) is 1.00. The molecule has 9 heavy (non-hydrogen) atoms. The third kappa shape index (κ3) is 3.40. The normalized spacial score (nSPS) is 17.6. The molecule has 58 valence electrons. The van der Waals surface area contributed by atoms with Gasteiger partial charge < -0.3 is 0 Å². The summed E-state index contributed by atoms with van der Waals surface area (Å²) in [7, 11) is -9.90. The zero-order valence-electron chi connectivity index (χ0n) is 3.44. The van der Waals surface area contributed by atoms with E-state index in [-0.39, 0.29) is 7.43 Å². The van der Waals surface area contributed by atoms with Gasteiger partial charge in [-0.25, -0.2) is 8.99 Å². The standard InChI is InChI=1S/CH4.H3NO5S2/c;1-7(2,3)8(4,5)6/h1H4;(H2,1,2,3)(H,4,5,6). The second kappa shape index (κ2) is 2.60. The van der Waals surface area contributed by atoms with Crippen molar-refractivity contribution in [2.45, 2.75) is 7.43 Å². The van der Waals surface area contributed by atoms with Crippen LogP contribution in [0, 0.1) is 4.78 Å². The van der Waals surface area contributed by atoms with Gasteiger partial charge in [0.15, 0.2) is 0 Å². The van der Waals surface area contributed by atoms with E-state index in [1.165, 1.54) is 0 Å². The lowest BCUT2D eigenvalue weighted by atomic mass is 12.0. The van der Waals surface area contributed by atoms with Crippen LogP contribution >= 0.6 is 0 Å². The average Bonchev–Trinajstić information content (AvgIpc) is 1.25. The summed E-state index contributed by atoms with van der Waals surface area (Å²) in [4.78, 5) is 0. The average molecular weight is 177 g/mol. The van der Waals surface area contributed by atoms with Crippen LogP contribution in [-0.2, 0) is 18.2 Å². The van der Waals surface area contributed by atoms with Gasteiger partial charge in [0.2, 0.25) is 0 Å². The summed E-state index contributed by atoms with van der Waals surface area (Å²) in [5.74, 6) is 0. The number of hydrogen-bond donors (Lipinski definition) is 3. The monoisotopic (exact) mass is 177 g/mol. The Hall–Kier alpha value is -0.180. The highest BCUT2D eigenvalue weighted by Gasteiger charge is 2.17. The van der Waals surface area contributed by atoms with Gasteiger partial charge >= 0.3 is 9.15 Å². The molecule has 0 saturated heterocycles. The summed E-state index contributed by atoms with van der Waals surface area (Å²) in [6.45, 7) is 0. The first-order chi connectivity index (χ1) is 3.25. The zero-order chi connectivity index (χ0) is 7.00. The van der Waals surface area contributed by atoms with E-state index in [2.05, 4.69) is 0 Å². The predicted molar refractivity (Wildman–Crippen MR) is 31.8 cm³/mol. The molecule has 8 heteroatoms. The molecule has 6 nitrogen and oxygen atoms in total. The second-order valence-electron chi connectivity index (χ2n) is 0.903. The van der Waals surface area contributed by atoms with Crippen LogP contribution in [0.4, 0.5) is 0 Å². The largest absolute Gasteiger partial charge is 0.379 e. The summed E-state index contributed by atoms with van der Waals surface area (Å²) >= 11 is 0. The minimum Gasteiger partial charge on any atom is -0.287 e. The molecule has 0 heterocycles. The Kier molecular flexibility index (Phi) is 3.35. The van der Waals surface area contributed by atoms with Crippen LogP contribution in [0.15, 0.2) is 0 Å². The van der Waals surface area contributed by atoms with E-state index in [0.29, 0.717) is 0 Å². The molecule has 0 amide bonds. The molecule has 0 saturated carbocycles. The zero-order valence-corrected chi connectivity index (χ0v) is 5.07. The van der Waals surface area contributed by atoms with E-state index in [1.807, 2.05) is 0 Å². The van der Waals surface area contributed by atoms with Gasteiger partial charge in [-0.15, -0.1) is 0 Å². The van der Waals surface area contributed by atoms with Gasteiger partial charge in [0.1, 0.15) is 0 Å². The van der Waals surface area contributed by atoms with Gasteiger partial charge in [-0.2, -0.15) is 8.42 Å². The lowest BCUT2D eigenvalue weighted by Crippen LogP contribution is -2.10. The summed E-state index contributed by atoms with van der Waals surface area (Å²) < 4.78 is 49.7. The molecule has 3 N–H and O–H groups in total. The van der Waals surface area contributed by atoms with Gasteiger partial charge in [0, 0.05) is 0 Å². The summed E-state index contributed by atoms with van der Waals surface area (Å²) in [6.07, 6.45) is 0. The van der Waals surface area contributed by atoms with Crippen molar-refractivity contribution in [1.29, 1.82) is 4.78 Å². The summed E-state index contributed by atoms with van der Waals surface area (Å²) in [6, 6.07) is 0. The first-order valence-corrected chi connectivity index (χ1v) is 4.71. The highest BCUT2D eigenvalue weighted by molar-refractivity contribution is 8.63. The maximum absolute atomic E-state index is 9.59. The van der Waals surface area contributed by atoms with E-state index in [1.54, 1.807) is 0 Å². The van der Waals surface area contributed by atoms with Crippen molar-refractivity contribution in [2.75, 3.05) is 0 Å². The third-order valence-electron chi connectivity index (χ3n) is 0.285. The Morgan fingerprint density at radius 3 is 1.22 bits per heavy atom. The van der Waals surface area contributed by atoms with Crippen molar-refractivity contribution in [3.63, 3.8) is 0 Å². The molecule has 0 aliphatic carbocycles. The van der Waals surface area contributed by atoms with E-state index in [0.717, 1.165) is 0 Å².